The molecule has 0 bridgehead atoms. The molecule has 0 amide bonds. The second kappa shape index (κ2) is 7.82. The van der Waals surface area contributed by atoms with Crippen LogP contribution in [0.15, 0.2) is 36.2 Å². The summed E-state index contributed by atoms with van der Waals surface area (Å²) in [5.74, 6) is 1.49. The summed E-state index contributed by atoms with van der Waals surface area (Å²) in [4.78, 5) is 4.05. The Balaban J connectivity index is 1.41. The van der Waals surface area contributed by atoms with Gasteiger partial charge in [-0.05, 0) is 90.7 Å². The fraction of sp³-hybridized carbons (Fsp3) is 0.640. The van der Waals surface area contributed by atoms with Gasteiger partial charge in [0.1, 0.15) is 0 Å². The predicted molar refractivity (Wildman–Crippen MR) is 124 cm³/mol. The van der Waals surface area contributed by atoms with E-state index in [1.165, 1.54) is 11.6 Å². The number of alkyl halides is 3. The maximum atomic E-state index is 12.8. The summed E-state index contributed by atoms with van der Waals surface area (Å²) in [6, 6.07) is 1.46. The van der Waals surface area contributed by atoms with Gasteiger partial charge in [-0.1, -0.05) is 31.6 Å². The molecule has 0 radical (unpaired) electrons. The lowest BCUT2D eigenvalue weighted by atomic mass is 9.47. The van der Waals surface area contributed by atoms with Crippen molar-refractivity contribution in [3.8, 4) is 0 Å². The zero-order valence-electron chi connectivity index (χ0n) is 19.4. The third-order valence-electron chi connectivity index (χ3n) is 9.26. The Morgan fingerprint density at radius 1 is 1.06 bits per heavy atom. The lowest BCUT2D eigenvalue weighted by Gasteiger charge is -2.57. The van der Waals surface area contributed by atoms with E-state index < -0.39 is 15.5 Å². The van der Waals surface area contributed by atoms with Crippen LogP contribution in [-0.2, 0) is 10.0 Å². The summed E-state index contributed by atoms with van der Waals surface area (Å²) < 4.78 is 63.2. The van der Waals surface area contributed by atoms with E-state index >= 15 is 0 Å². The molecule has 5 rings (SSSR count). The number of allylic oxidation sites excluding steroid dienone is 3. The van der Waals surface area contributed by atoms with Crippen LogP contribution in [0.2, 0.25) is 0 Å². The van der Waals surface area contributed by atoms with Crippen LogP contribution >= 0.6 is 0 Å². The fourth-order valence-electron chi connectivity index (χ4n) is 7.51. The number of nitrogens with one attached hydrogen (secondary N) is 1. The Morgan fingerprint density at radius 3 is 2.53 bits per heavy atom. The van der Waals surface area contributed by atoms with Gasteiger partial charge in [-0.25, -0.2) is 0 Å². The zero-order chi connectivity index (χ0) is 24.5. The SMILES string of the molecule is CC12CCC(O)CC1=CCC1C2CCC2(C)C(c3cncc(NS(=O)(=O)C(F)(F)F)c3)=CCC12. The quantitative estimate of drug-likeness (QED) is 0.529. The van der Waals surface area contributed by atoms with Crippen LogP contribution in [0.5, 0.6) is 0 Å². The molecule has 6 unspecified atom stereocenters. The molecule has 0 aliphatic heterocycles. The molecule has 1 aromatic heterocycles. The Hall–Kier alpha value is -1.87. The van der Waals surface area contributed by atoms with Gasteiger partial charge in [-0.3, -0.25) is 9.71 Å². The summed E-state index contributed by atoms with van der Waals surface area (Å²) in [5.41, 5.74) is -2.44. The van der Waals surface area contributed by atoms with Crippen molar-refractivity contribution >= 4 is 21.3 Å². The van der Waals surface area contributed by atoms with Crippen molar-refractivity contribution in [2.45, 2.75) is 70.4 Å². The zero-order valence-corrected chi connectivity index (χ0v) is 20.2. The van der Waals surface area contributed by atoms with Crippen LogP contribution in [0, 0.1) is 28.6 Å². The van der Waals surface area contributed by atoms with Crippen molar-refractivity contribution in [2.24, 2.45) is 28.6 Å². The van der Waals surface area contributed by atoms with Crippen molar-refractivity contribution in [1.29, 1.82) is 0 Å². The highest BCUT2D eigenvalue weighted by Crippen LogP contribution is 2.66. The first-order valence-corrected chi connectivity index (χ1v) is 13.5. The highest BCUT2D eigenvalue weighted by atomic mass is 32.2. The van der Waals surface area contributed by atoms with Crippen molar-refractivity contribution < 1.29 is 26.7 Å². The van der Waals surface area contributed by atoms with E-state index in [-0.39, 0.29) is 22.6 Å². The van der Waals surface area contributed by atoms with Gasteiger partial charge in [0, 0.05) is 6.20 Å². The number of sulfonamides is 1. The first-order chi connectivity index (χ1) is 15.8. The highest BCUT2D eigenvalue weighted by Gasteiger charge is 2.56. The molecule has 0 aromatic carbocycles. The van der Waals surface area contributed by atoms with Gasteiger partial charge in [0.2, 0.25) is 0 Å². The average Bonchev–Trinajstić information content (AvgIpc) is 3.10. The molecular formula is C25H31F3N2O3S. The van der Waals surface area contributed by atoms with Gasteiger partial charge in [0.05, 0.1) is 18.0 Å². The second-order valence-corrected chi connectivity index (χ2v) is 12.7. The van der Waals surface area contributed by atoms with E-state index in [0.29, 0.717) is 23.3 Å². The topological polar surface area (TPSA) is 79.3 Å². The molecule has 4 aliphatic carbocycles. The summed E-state index contributed by atoms with van der Waals surface area (Å²) >= 11 is 0. The molecule has 186 valence electrons. The monoisotopic (exact) mass is 496 g/mol. The first-order valence-electron chi connectivity index (χ1n) is 12.0. The number of pyridine rings is 1. The molecule has 6 atom stereocenters. The number of hydrogen-bond donors (Lipinski definition) is 2. The molecule has 1 aromatic rings. The third-order valence-corrected chi connectivity index (χ3v) is 10.4. The number of rotatable bonds is 3. The summed E-state index contributed by atoms with van der Waals surface area (Å²) in [7, 11) is -5.50. The van der Waals surface area contributed by atoms with E-state index in [0.717, 1.165) is 56.7 Å². The van der Waals surface area contributed by atoms with E-state index in [9.17, 15) is 26.7 Å². The number of aliphatic hydroxyl groups excluding tert-OH is 1. The second-order valence-electron chi connectivity index (χ2n) is 11.0. The number of fused-ring (bicyclic) bond motifs is 5. The maximum absolute atomic E-state index is 12.8. The maximum Gasteiger partial charge on any atom is 0.516 e. The Bertz CT molecular complexity index is 1160. The van der Waals surface area contributed by atoms with Crippen molar-refractivity contribution in [3.05, 3.63) is 41.7 Å². The number of anilines is 1. The Kier molecular flexibility index (Phi) is 5.48. The summed E-state index contributed by atoms with van der Waals surface area (Å²) in [6.07, 6.45) is 13.6. The molecule has 9 heteroatoms. The van der Waals surface area contributed by atoms with Crippen LogP contribution < -0.4 is 4.72 Å². The summed E-state index contributed by atoms with van der Waals surface area (Å²) in [5, 5.41) is 10.2. The lowest BCUT2D eigenvalue weighted by Crippen LogP contribution is -2.49. The smallest absolute Gasteiger partial charge is 0.393 e. The van der Waals surface area contributed by atoms with Gasteiger partial charge in [0.25, 0.3) is 0 Å². The highest BCUT2D eigenvalue weighted by molar-refractivity contribution is 7.93. The van der Waals surface area contributed by atoms with Crippen LogP contribution in [-0.4, -0.2) is 30.1 Å². The van der Waals surface area contributed by atoms with Crippen molar-refractivity contribution in [3.63, 3.8) is 0 Å². The van der Waals surface area contributed by atoms with E-state index in [2.05, 4.69) is 31.0 Å². The van der Waals surface area contributed by atoms with Crippen molar-refractivity contribution in [2.75, 3.05) is 4.72 Å². The minimum atomic E-state index is -5.50. The van der Waals surface area contributed by atoms with Gasteiger partial charge in [-0.2, -0.15) is 21.6 Å². The molecule has 2 N–H and O–H groups in total. The molecule has 2 fully saturated rings. The van der Waals surface area contributed by atoms with Crippen LogP contribution in [0.3, 0.4) is 0 Å². The van der Waals surface area contributed by atoms with E-state index in [4.69, 9.17) is 0 Å². The minimum Gasteiger partial charge on any atom is -0.393 e. The minimum absolute atomic E-state index is 0.129. The molecule has 4 aliphatic rings. The molecular weight excluding hydrogens is 465 g/mol. The van der Waals surface area contributed by atoms with Crippen molar-refractivity contribution in [1.82, 2.24) is 4.98 Å². The van der Waals surface area contributed by atoms with E-state index in [1.54, 1.807) is 10.9 Å². The fourth-order valence-corrected chi connectivity index (χ4v) is 8.05. The number of nitrogens with zero attached hydrogens (tertiary/aromatic N) is 1. The number of halogens is 3. The van der Waals surface area contributed by atoms with Gasteiger partial charge in [0.15, 0.2) is 0 Å². The van der Waals surface area contributed by atoms with Crippen LogP contribution in [0.4, 0.5) is 18.9 Å². The predicted octanol–water partition coefficient (Wildman–Crippen LogP) is 5.66. The molecule has 0 saturated heterocycles. The Labute approximate surface area is 198 Å². The molecule has 1 heterocycles. The van der Waals surface area contributed by atoms with Gasteiger partial charge >= 0.3 is 15.5 Å². The normalized spacial score (nSPS) is 37.7. The molecule has 0 spiro atoms. The van der Waals surface area contributed by atoms with Crippen LogP contribution in [0.25, 0.3) is 5.57 Å². The largest absolute Gasteiger partial charge is 0.516 e. The first kappa shape index (κ1) is 23.9. The van der Waals surface area contributed by atoms with E-state index in [1.807, 2.05) is 0 Å². The Morgan fingerprint density at radius 2 is 1.79 bits per heavy atom. The van der Waals surface area contributed by atoms with Gasteiger partial charge < -0.3 is 5.11 Å². The third kappa shape index (κ3) is 3.61. The average molecular weight is 497 g/mol. The lowest BCUT2D eigenvalue weighted by molar-refractivity contribution is -0.0429. The number of aliphatic hydroxyl groups is 1. The molecule has 5 nitrogen and oxygen atoms in total. The number of aromatic nitrogens is 1. The summed E-state index contributed by atoms with van der Waals surface area (Å²) in [6.45, 7) is 4.61. The molecule has 34 heavy (non-hydrogen) atoms. The molecule has 2 saturated carbocycles. The van der Waals surface area contributed by atoms with Crippen LogP contribution in [0.1, 0.15) is 64.4 Å². The standard InChI is InChI=1S/C25H31F3N2O3S/c1-23-9-7-18(31)12-16(23)3-4-19-21-6-5-20(24(21,2)10-8-22(19)23)15-11-17(14-29-13-15)30-34(32,33)25(26,27)28/h3,5,11,13-14,18-19,21-22,30-31H,4,6-10,12H2,1-2H3. The number of hydrogen-bond acceptors (Lipinski definition) is 4. The van der Waals surface area contributed by atoms with Gasteiger partial charge in [-0.15, -0.1) is 0 Å².